The number of hydrogen-bond acceptors (Lipinski definition) is 4. The first-order chi connectivity index (χ1) is 7.54. The van der Waals surface area contributed by atoms with E-state index < -0.39 is 23.5 Å². The van der Waals surface area contributed by atoms with Gasteiger partial charge in [0.2, 0.25) is 0 Å². The second-order valence-electron chi connectivity index (χ2n) is 5.56. The molecule has 17 heavy (non-hydrogen) atoms. The number of esters is 1. The second kappa shape index (κ2) is 6.00. The molecule has 0 rings (SSSR count). The third-order valence-electron chi connectivity index (χ3n) is 2.34. The zero-order valence-corrected chi connectivity index (χ0v) is 11.2. The molecule has 0 aliphatic heterocycles. The summed E-state index contributed by atoms with van der Waals surface area (Å²) in [4.78, 5) is 22.6. The predicted octanol–water partition coefficient (Wildman–Crippen LogP) is 1.40. The van der Waals surface area contributed by atoms with E-state index in [2.05, 4.69) is 0 Å². The fourth-order valence-corrected chi connectivity index (χ4v) is 1.39. The molecule has 1 unspecified atom stereocenters. The molecule has 0 aromatic heterocycles. The first kappa shape index (κ1) is 15.9. The summed E-state index contributed by atoms with van der Waals surface area (Å²) < 4.78 is 5.25. The topological polar surface area (TPSA) is 89.6 Å². The van der Waals surface area contributed by atoms with Crippen molar-refractivity contribution in [2.75, 3.05) is 0 Å². The van der Waals surface area contributed by atoms with E-state index in [1.54, 1.807) is 20.8 Å². The van der Waals surface area contributed by atoms with Crippen molar-refractivity contribution in [3.63, 3.8) is 0 Å². The summed E-state index contributed by atoms with van der Waals surface area (Å²) in [6, 6.07) is -1.03. The molecular weight excluding hydrogens is 222 g/mol. The SMILES string of the molecule is CC(C)C(C[C@H](N)C(=O)O)C(=O)OC(C)(C)C. The Balaban J connectivity index is 4.64. The van der Waals surface area contributed by atoms with Crippen molar-refractivity contribution in [1.29, 1.82) is 0 Å². The van der Waals surface area contributed by atoms with Gasteiger partial charge in [-0.3, -0.25) is 9.59 Å². The van der Waals surface area contributed by atoms with Gasteiger partial charge in [-0.05, 0) is 33.1 Å². The van der Waals surface area contributed by atoms with Gasteiger partial charge in [0.15, 0.2) is 0 Å². The highest BCUT2D eigenvalue weighted by atomic mass is 16.6. The molecule has 0 saturated carbocycles. The van der Waals surface area contributed by atoms with Crippen molar-refractivity contribution < 1.29 is 19.4 Å². The molecular formula is C12H23NO4. The fourth-order valence-electron chi connectivity index (χ4n) is 1.39. The van der Waals surface area contributed by atoms with Crippen molar-refractivity contribution in [3.05, 3.63) is 0 Å². The Kier molecular flexibility index (Phi) is 5.61. The molecule has 5 nitrogen and oxygen atoms in total. The Bertz CT molecular complexity index is 281. The van der Waals surface area contributed by atoms with Crippen molar-refractivity contribution >= 4 is 11.9 Å². The highest BCUT2D eigenvalue weighted by Gasteiger charge is 2.31. The molecule has 0 amide bonds. The van der Waals surface area contributed by atoms with Crippen LogP contribution in [0.2, 0.25) is 0 Å². The molecule has 0 spiro atoms. The summed E-state index contributed by atoms with van der Waals surface area (Å²) in [5, 5.41) is 8.75. The van der Waals surface area contributed by atoms with Crippen LogP contribution in [0.5, 0.6) is 0 Å². The minimum atomic E-state index is -1.10. The summed E-state index contributed by atoms with van der Waals surface area (Å²) in [5.74, 6) is -1.97. The van der Waals surface area contributed by atoms with E-state index in [0.29, 0.717) is 0 Å². The van der Waals surface area contributed by atoms with Crippen LogP contribution in [0.1, 0.15) is 41.0 Å². The Morgan fingerprint density at radius 1 is 1.29 bits per heavy atom. The number of ether oxygens (including phenoxy) is 1. The van der Waals surface area contributed by atoms with Crippen LogP contribution in [-0.4, -0.2) is 28.7 Å². The van der Waals surface area contributed by atoms with Gasteiger partial charge >= 0.3 is 11.9 Å². The maximum absolute atomic E-state index is 11.9. The van der Waals surface area contributed by atoms with E-state index in [9.17, 15) is 9.59 Å². The van der Waals surface area contributed by atoms with Crippen molar-refractivity contribution in [1.82, 2.24) is 0 Å². The van der Waals surface area contributed by atoms with Gasteiger partial charge in [0.1, 0.15) is 11.6 Å². The highest BCUT2D eigenvalue weighted by molar-refractivity contribution is 5.77. The zero-order chi connectivity index (χ0) is 13.8. The smallest absolute Gasteiger partial charge is 0.320 e. The summed E-state index contributed by atoms with van der Waals surface area (Å²) >= 11 is 0. The average Bonchev–Trinajstić information content (AvgIpc) is 2.09. The largest absolute Gasteiger partial charge is 0.480 e. The molecule has 0 bridgehead atoms. The highest BCUT2D eigenvalue weighted by Crippen LogP contribution is 2.21. The molecule has 0 aliphatic carbocycles. The van der Waals surface area contributed by atoms with Crippen LogP contribution in [0.3, 0.4) is 0 Å². The third kappa shape index (κ3) is 6.26. The van der Waals surface area contributed by atoms with Crippen LogP contribution in [0.4, 0.5) is 0 Å². The molecule has 0 radical (unpaired) electrons. The third-order valence-corrected chi connectivity index (χ3v) is 2.34. The molecule has 0 aromatic carbocycles. The Labute approximate surface area is 102 Å². The lowest BCUT2D eigenvalue weighted by Gasteiger charge is -2.26. The standard InChI is InChI=1S/C12H23NO4/c1-7(2)8(6-9(13)10(14)15)11(16)17-12(3,4)5/h7-9H,6,13H2,1-5H3,(H,14,15)/t8?,9-/m0/s1. The summed E-state index contributed by atoms with van der Waals surface area (Å²) in [7, 11) is 0. The van der Waals surface area contributed by atoms with Crippen LogP contribution in [-0.2, 0) is 14.3 Å². The number of nitrogens with two attached hydrogens (primary N) is 1. The van der Waals surface area contributed by atoms with Crippen molar-refractivity contribution in [2.24, 2.45) is 17.6 Å². The Morgan fingerprint density at radius 3 is 2.06 bits per heavy atom. The number of carbonyl (C=O) groups excluding carboxylic acids is 1. The molecule has 0 aromatic rings. The molecule has 100 valence electrons. The average molecular weight is 245 g/mol. The molecule has 3 N–H and O–H groups in total. The maximum atomic E-state index is 11.9. The van der Waals surface area contributed by atoms with Gasteiger partial charge < -0.3 is 15.6 Å². The monoisotopic (exact) mass is 245 g/mol. The number of rotatable bonds is 5. The van der Waals surface area contributed by atoms with E-state index >= 15 is 0 Å². The predicted molar refractivity (Wildman–Crippen MR) is 64.4 cm³/mol. The quantitative estimate of drug-likeness (QED) is 0.715. The Morgan fingerprint density at radius 2 is 1.76 bits per heavy atom. The first-order valence-electron chi connectivity index (χ1n) is 5.76. The van der Waals surface area contributed by atoms with Gasteiger partial charge in [-0.15, -0.1) is 0 Å². The van der Waals surface area contributed by atoms with E-state index in [1.807, 2.05) is 13.8 Å². The lowest BCUT2D eigenvalue weighted by Crippen LogP contribution is -2.38. The lowest BCUT2D eigenvalue weighted by atomic mass is 9.89. The van der Waals surface area contributed by atoms with E-state index in [-0.39, 0.29) is 18.3 Å². The molecule has 2 atom stereocenters. The van der Waals surface area contributed by atoms with Gasteiger partial charge in [0.25, 0.3) is 0 Å². The summed E-state index contributed by atoms with van der Waals surface area (Å²) in [6.07, 6.45) is 0.0991. The molecule has 0 saturated heterocycles. The van der Waals surface area contributed by atoms with Crippen molar-refractivity contribution in [2.45, 2.75) is 52.7 Å². The number of carboxylic acid groups (broad SMARTS) is 1. The van der Waals surface area contributed by atoms with Crippen LogP contribution >= 0.6 is 0 Å². The van der Waals surface area contributed by atoms with Crippen molar-refractivity contribution in [3.8, 4) is 0 Å². The van der Waals surface area contributed by atoms with Crippen LogP contribution in [0.15, 0.2) is 0 Å². The number of carboxylic acids is 1. The number of hydrogen-bond donors (Lipinski definition) is 2. The molecule has 0 aliphatic rings. The molecule has 0 fully saturated rings. The van der Waals surface area contributed by atoms with Crippen LogP contribution in [0.25, 0.3) is 0 Å². The van der Waals surface area contributed by atoms with Crippen LogP contribution < -0.4 is 5.73 Å². The van der Waals surface area contributed by atoms with E-state index in [0.717, 1.165) is 0 Å². The zero-order valence-electron chi connectivity index (χ0n) is 11.2. The first-order valence-corrected chi connectivity index (χ1v) is 5.76. The normalized spacial score (nSPS) is 15.5. The van der Waals surface area contributed by atoms with Gasteiger partial charge in [-0.25, -0.2) is 0 Å². The van der Waals surface area contributed by atoms with Gasteiger partial charge in [-0.2, -0.15) is 0 Å². The van der Waals surface area contributed by atoms with Gasteiger partial charge in [0, 0.05) is 0 Å². The molecule has 0 heterocycles. The minimum absolute atomic E-state index is 0.00440. The van der Waals surface area contributed by atoms with Crippen LogP contribution in [0, 0.1) is 11.8 Å². The van der Waals surface area contributed by atoms with E-state index in [1.165, 1.54) is 0 Å². The maximum Gasteiger partial charge on any atom is 0.320 e. The van der Waals surface area contributed by atoms with Gasteiger partial charge in [-0.1, -0.05) is 13.8 Å². The molecule has 5 heteroatoms. The lowest BCUT2D eigenvalue weighted by molar-refractivity contribution is -0.162. The Hall–Kier alpha value is -1.10. The summed E-state index contributed by atoms with van der Waals surface area (Å²) in [6.45, 7) is 9.03. The number of carbonyl (C=O) groups is 2. The fraction of sp³-hybridized carbons (Fsp3) is 0.833. The summed E-state index contributed by atoms with van der Waals surface area (Å²) in [5.41, 5.74) is 4.88. The second-order valence-corrected chi connectivity index (χ2v) is 5.56. The van der Waals surface area contributed by atoms with E-state index in [4.69, 9.17) is 15.6 Å². The number of aliphatic carboxylic acids is 1. The van der Waals surface area contributed by atoms with Gasteiger partial charge in [0.05, 0.1) is 5.92 Å². The minimum Gasteiger partial charge on any atom is -0.480 e.